The van der Waals surface area contributed by atoms with Gasteiger partial charge in [0.2, 0.25) is 0 Å². The number of nitrogens with zero attached hydrogens (tertiary/aromatic N) is 2. The van der Waals surface area contributed by atoms with Gasteiger partial charge in [0.15, 0.2) is 0 Å². The lowest BCUT2D eigenvalue weighted by atomic mass is 10.2. The number of carbonyl (C=O) groups is 1. The van der Waals surface area contributed by atoms with Crippen molar-refractivity contribution >= 4 is 28.7 Å². The Kier molecular flexibility index (Phi) is 5.68. The highest BCUT2D eigenvalue weighted by molar-refractivity contribution is 6.03. The molecule has 4 rings (SSSR count). The molecule has 0 bridgehead atoms. The molecule has 0 saturated heterocycles. The number of carbonyl (C=O) groups excluding carboxylic acids is 1. The van der Waals surface area contributed by atoms with E-state index in [1.165, 1.54) is 0 Å². The summed E-state index contributed by atoms with van der Waals surface area (Å²) in [7, 11) is 0. The molecule has 1 amide bonds. The van der Waals surface area contributed by atoms with E-state index >= 15 is 0 Å². The van der Waals surface area contributed by atoms with Gasteiger partial charge in [-0.3, -0.25) is 9.69 Å². The van der Waals surface area contributed by atoms with Crippen LogP contribution in [0.25, 0.3) is 0 Å². The second-order valence-corrected chi connectivity index (χ2v) is 6.66. The third kappa shape index (κ3) is 4.36. The summed E-state index contributed by atoms with van der Waals surface area (Å²) >= 11 is 0. The monoisotopic (exact) mass is 378 g/mol. The van der Waals surface area contributed by atoms with Crippen molar-refractivity contribution in [2.75, 3.05) is 16.3 Å². The summed E-state index contributed by atoms with van der Waals surface area (Å²) in [4.78, 5) is 17.4. The zero-order valence-corrected chi connectivity index (χ0v) is 16.1. The van der Waals surface area contributed by atoms with E-state index in [1.54, 1.807) is 4.90 Å². The standard InChI is InChI=1S/C26H22N2O/c29-26(28(24-17-9-3-10-18-24)25-19-11-4-12-20-25)21-27(22-13-5-1-6-14-22)23-15-7-2-8-16-23/h1-20H,21H2. The third-order valence-corrected chi connectivity index (χ3v) is 4.71. The van der Waals surface area contributed by atoms with Crippen LogP contribution in [0.4, 0.5) is 22.7 Å². The molecule has 0 atom stereocenters. The molecule has 0 aromatic heterocycles. The summed E-state index contributed by atoms with van der Waals surface area (Å²) in [5.74, 6) is -0.00453. The maximum absolute atomic E-state index is 13.6. The Morgan fingerprint density at radius 1 is 0.483 bits per heavy atom. The number of anilines is 4. The maximum atomic E-state index is 13.6. The fourth-order valence-electron chi connectivity index (χ4n) is 3.34. The molecule has 0 aliphatic heterocycles. The molecule has 3 heteroatoms. The van der Waals surface area contributed by atoms with E-state index in [2.05, 4.69) is 0 Å². The lowest BCUT2D eigenvalue weighted by Crippen LogP contribution is -2.36. The van der Waals surface area contributed by atoms with Crippen molar-refractivity contribution in [3.63, 3.8) is 0 Å². The van der Waals surface area contributed by atoms with Crippen LogP contribution >= 0.6 is 0 Å². The van der Waals surface area contributed by atoms with E-state index in [9.17, 15) is 4.79 Å². The fraction of sp³-hybridized carbons (Fsp3) is 0.0385. The fourth-order valence-corrected chi connectivity index (χ4v) is 3.34. The molecule has 0 N–H and O–H groups in total. The highest BCUT2D eigenvalue weighted by atomic mass is 16.2. The summed E-state index contributed by atoms with van der Waals surface area (Å²) < 4.78 is 0. The van der Waals surface area contributed by atoms with Crippen LogP contribution in [0.2, 0.25) is 0 Å². The molecule has 4 aromatic carbocycles. The van der Waals surface area contributed by atoms with Gasteiger partial charge in [-0.1, -0.05) is 72.8 Å². The molecule has 142 valence electrons. The Morgan fingerprint density at radius 3 is 1.14 bits per heavy atom. The summed E-state index contributed by atoms with van der Waals surface area (Å²) in [6, 6.07) is 39.6. The molecule has 29 heavy (non-hydrogen) atoms. The number of amides is 1. The van der Waals surface area contributed by atoms with E-state index < -0.39 is 0 Å². The van der Waals surface area contributed by atoms with Crippen molar-refractivity contribution in [1.82, 2.24) is 0 Å². The predicted molar refractivity (Wildman–Crippen MR) is 120 cm³/mol. The Balaban J connectivity index is 1.71. The summed E-state index contributed by atoms with van der Waals surface area (Å²) in [6.45, 7) is 0.220. The van der Waals surface area contributed by atoms with Crippen LogP contribution < -0.4 is 9.80 Å². The Labute approximate surface area is 171 Å². The molecule has 0 radical (unpaired) electrons. The minimum Gasteiger partial charge on any atom is -0.332 e. The zero-order chi connectivity index (χ0) is 19.9. The molecule has 0 aliphatic rings. The van der Waals surface area contributed by atoms with Crippen molar-refractivity contribution < 1.29 is 4.79 Å². The number of benzene rings is 4. The maximum Gasteiger partial charge on any atom is 0.251 e. The predicted octanol–water partition coefficient (Wildman–Crippen LogP) is 6.19. The minimum atomic E-state index is -0.00453. The average Bonchev–Trinajstić information content (AvgIpc) is 2.80. The molecule has 0 heterocycles. The second kappa shape index (κ2) is 8.89. The number of hydrogen-bond acceptors (Lipinski definition) is 2. The van der Waals surface area contributed by atoms with Gasteiger partial charge in [-0.25, -0.2) is 0 Å². The highest BCUT2D eigenvalue weighted by Crippen LogP contribution is 2.29. The van der Waals surface area contributed by atoms with Gasteiger partial charge in [-0.2, -0.15) is 0 Å². The molecule has 0 unspecified atom stereocenters. The molecular formula is C26H22N2O. The third-order valence-electron chi connectivity index (χ3n) is 4.71. The van der Waals surface area contributed by atoms with Gasteiger partial charge in [0, 0.05) is 22.7 Å². The molecule has 0 fully saturated rings. The molecule has 3 nitrogen and oxygen atoms in total. The number of para-hydroxylation sites is 4. The van der Waals surface area contributed by atoms with E-state index in [0.29, 0.717) is 0 Å². The quantitative estimate of drug-likeness (QED) is 0.399. The number of rotatable bonds is 6. The average molecular weight is 378 g/mol. The van der Waals surface area contributed by atoms with Crippen molar-refractivity contribution in [3.05, 3.63) is 121 Å². The van der Waals surface area contributed by atoms with Gasteiger partial charge in [-0.15, -0.1) is 0 Å². The first-order valence-corrected chi connectivity index (χ1v) is 9.63. The van der Waals surface area contributed by atoms with E-state index in [0.717, 1.165) is 22.7 Å². The zero-order valence-electron chi connectivity index (χ0n) is 16.1. The second-order valence-electron chi connectivity index (χ2n) is 6.66. The summed E-state index contributed by atoms with van der Waals surface area (Å²) in [5, 5.41) is 0. The van der Waals surface area contributed by atoms with Crippen LogP contribution in [0, 0.1) is 0 Å². The van der Waals surface area contributed by atoms with Crippen molar-refractivity contribution in [3.8, 4) is 0 Å². The summed E-state index contributed by atoms with van der Waals surface area (Å²) in [6.07, 6.45) is 0. The Hall–Kier alpha value is -3.85. The van der Waals surface area contributed by atoms with E-state index in [1.807, 2.05) is 126 Å². The molecular weight excluding hydrogens is 356 g/mol. The van der Waals surface area contributed by atoms with Gasteiger partial charge in [-0.05, 0) is 48.5 Å². The van der Waals surface area contributed by atoms with Gasteiger partial charge in [0.25, 0.3) is 5.91 Å². The van der Waals surface area contributed by atoms with E-state index in [4.69, 9.17) is 0 Å². The Bertz CT molecular complexity index is 956. The lowest BCUT2D eigenvalue weighted by Gasteiger charge is -2.29. The smallest absolute Gasteiger partial charge is 0.251 e. The van der Waals surface area contributed by atoms with Crippen LogP contribution in [0.5, 0.6) is 0 Å². The van der Waals surface area contributed by atoms with E-state index in [-0.39, 0.29) is 12.5 Å². The molecule has 0 aliphatic carbocycles. The summed E-state index contributed by atoms with van der Waals surface area (Å²) in [5.41, 5.74) is 3.66. The van der Waals surface area contributed by atoms with Crippen molar-refractivity contribution in [2.24, 2.45) is 0 Å². The van der Waals surface area contributed by atoms with Crippen molar-refractivity contribution in [2.45, 2.75) is 0 Å². The van der Waals surface area contributed by atoms with Crippen LogP contribution in [-0.4, -0.2) is 12.5 Å². The van der Waals surface area contributed by atoms with Gasteiger partial charge in [0.05, 0.1) is 0 Å². The largest absolute Gasteiger partial charge is 0.332 e. The SMILES string of the molecule is O=C(CN(c1ccccc1)c1ccccc1)N(c1ccccc1)c1ccccc1. The minimum absolute atomic E-state index is 0.00453. The number of hydrogen-bond donors (Lipinski definition) is 0. The Morgan fingerprint density at radius 2 is 0.793 bits per heavy atom. The first kappa shape index (κ1) is 18.5. The van der Waals surface area contributed by atoms with Crippen LogP contribution in [0.3, 0.4) is 0 Å². The lowest BCUT2D eigenvalue weighted by molar-refractivity contribution is -0.116. The van der Waals surface area contributed by atoms with Gasteiger partial charge >= 0.3 is 0 Å². The first-order chi connectivity index (χ1) is 14.3. The molecule has 4 aromatic rings. The molecule has 0 saturated carbocycles. The molecule has 0 spiro atoms. The highest BCUT2D eigenvalue weighted by Gasteiger charge is 2.21. The van der Waals surface area contributed by atoms with Gasteiger partial charge in [0.1, 0.15) is 6.54 Å². The van der Waals surface area contributed by atoms with Crippen molar-refractivity contribution in [1.29, 1.82) is 0 Å². The van der Waals surface area contributed by atoms with Crippen LogP contribution in [-0.2, 0) is 4.79 Å². The van der Waals surface area contributed by atoms with Gasteiger partial charge < -0.3 is 4.90 Å². The first-order valence-electron chi connectivity index (χ1n) is 9.63. The normalized spacial score (nSPS) is 10.3. The topological polar surface area (TPSA) is 23.6 Å². The van der Waals surface area contributed by atoms with Crippen LogP contribution in [0.15, 0.2) is 121 Å². The van der Waals surface area contributed by atoms with Crippen LogP contribution in [0.1, 0.15) is 0 Å².